The van der Waals surface area contributed by atoms with Crippen molar-refractivity contribution in [1.29, 1.82) is 0 Å². The first-order valence-electron chi connectivity index (χ1n) is 12.2. The SMILES string of the molecule is CCCc1ccc(C2CCC(CCC3CCC(CCC)CC3(F)F)CC2)c(F)c1F. The van der Waals surface area contributed by atoms with Gasteiger partial charge in [0.25, 0.3) is 5.92 Å². The standard InChI is InChI=1S/C26H38F4/c1-3-5-19-10-15-22(26(29,30)17-19)14-9-18-7-11-20(12-8-18)23-16-13-21(6-4-2)24(27)25(23)28/h13,16,18-20,22H,3-12,14-15,17H2,1-2H3. The van der Waals surface area contributed by atoms with E-state index in [1.165, 1.54) is 0 Å². The zero-order valence-corrected chi connectivity index (χ0v) is 18.7. The van der Waals surface area contributed by atoms with Crippen LogP contribution in [-0.2, 0) is 6.42 Å². The van der Waals surface area contributed by atoms with Gasteiger partial charge >= 0.3 is 0 Å². The van der Waals surface area contributed by atoms with E-state index in [0.717, 1.165) is 57.8 Å². The van der Waals surface area contributed by atoms with Crippen LogP contribution in [0.25, 0.3) is 0 Å². The smallest absolute Gasteiger partial charge is 0.207 e. The van der Waals surface area contributed by atoms with Gasteiger partial charge in [-0.05, 0) is 86.7 Å². The van der Waals surface area contributed by atoms with E-state index in [1.807, 2.05) is 6.92 Å². The van der Waals surface area contributed by atoms with Gasteiger partial charge in [-0.25, -0.2) is 17.6 Å². The van der Waals surface area contributed by atoms with Gasteiger partial charge in [0.1, 0.15) is 0 Å². The Hall–Kier alpha value is -1.06. The van der Waals surface area contributed by atoms with Crippen molar-refractivity contribution in [2.45, 2.75) is 109 Å². The molecule has 4 heteroatoms. The van der Waals surface area contributed by atoms with Crippen LogP contribution in [0.2, 0.25) is 0 Å². The molecule has 2 aliphatic carbocycles. The van der Waals surface area contributed by atoms with Crippen molar-refractivity contribution in [3.05, 3.63) is 34.9 Å². The number of benzene rings is 1. The molecule has 30 heavy (non-hydrogen) atoms. The van der Waals surface area contributed by atoms with Crippen LogP contribution in [0.5, 0.6) is 0 Å². The predicted octanol–water partition coefficient (Wildman–Crippen LogP) is 8.82. The van der Waals surface area contributed by atoms with Crippen LogP contribution in [-0.4, -0.2) is 5.92 Å². The molecule has 0 aliphatic heterocycles. The van der Waals surface area contributed by atoms with Gasteiger partial charge < -0.3 is 0 Å². The molecule has 0 bridgehead atoms. The molecule has 1 aromatic rings. The van der Waals surface area contributed by atoms with E-state index in [-0.39, 0.29) is 18.3 Å². The molecule has 0 spiro atoms. The summed E-state index contributed by atoms with van der Waals surface area (Å²) in [6.45, 7) is 4.03. The Bertz CT molecular complexity index is 676. The lowest BCUT2D eigenvalue weighted by molar-refractivity contribution is -0.107. The number of aryl methyl sites for hydroxylation is 1. The summed E-state index contributed by atoms with van der Waals surface area (Å²) in [4.78, 5) is 0. The van der Waals surface area contributed by atoms with Gasteiger partial charge in [-0.1, -0.05) is 45.2 Å². The average Bonchev–Trinajstić information content (AvgIpc) is 2.71. The van der Waals surface area contributed by atoms with Crippen LogP contribution in [0.3, 0.4) is 0 Å². The fraction of sp³-hybridized carbons (Fsp3) is 0.769. The summed E-state index contributed by atoms with van der Waals surface area (Å²) in [5.41, 5.74) is 0.966. The van der Waals surface area contributed by atoms with Crippen molar-refractivity contribution in [2.24, 2.45) is 17.8 Å². The predicted molar refractivity (Wildman–Crippen MR) is 115 cm³/mol. The second kappa shape index (κ2) is 10.5. The van der Waals surface area contributed by atoms with E-state index >= 15 is 0 Å². The number of hydrogen-bond acceptors (Lipinski definition) is 0. The molecule has 1 aromatic carbocycles. The molecule has 2 fully saturated rings. The largest absolute Gasteiger partial charge is 0.251 e. The summed E-state index contributed by atoms with van der Waals surface area (Å²) in [6, 6.07) is 3.50. The number of hydrogen-bond donors (Lipinski definition) is 0. The number of alkyl halides is 2. The van der Waals surface area contributed by atoms with E-state index in [0.29, 0.717) is 36.3 Å². The first-order chi connectivity index (χ1) is 14.4. The monoisotopic (exact) mass is 426 g/mol. The van der Waals surface area contributed by atoms with Gasteiger partial charge in [0.05, 0.1) is 0 Å². The minimum Gasteiger partial charge on any atom is -0.207 e. The maximum Gasteiger partial charge on any atom is 0.251 e. The third-order valence-corrected chi connectivity index (χ3v) is 7.70. The molecule has 2 atom stereocenters. The van der Waals surface area contributed by atoms with Crippen LogP contribution >= 0.6 is 0 Å². The third kappa shape index (κ3) is 5.59. The number of halogens is 4. The molecule has 2 aliphatic rings. The van der Waals surface area contributed by atoms with Crippen LogP contribution in [0, 0.1) is 29.4 Å². The van der Waals surface area contributed by atoms with E-state index < -0.39 is 23.5 Å². The topological polar surface area (TPSA) is 0 Å². The molecule has 0 amide bonds. The highest BCUT2D eigenvalue weighted by atomic mass is 19.3. The first-order valence-corrected chi connectivity index (χ1v) is 12.2. The van der Waals surface area contributed by atoms with Crippen molar-refractivity contribution in [3.63, 3.8) is 0 Å². The molecule has 0 N–H and O–H groups in total. The Labute approximate surface area is 179 Å². The Morgan fingerprint density at radius 3 is 2.13 bits per heavy atom. The molecular weight excluding hydrogens is 388 g/mol. The van der Waals surface area contributed by atoms with Gasteiger partial charge in [-0.2, -0.15) is 0 Å². The van der Waals surface area contributed by atoms with E-state index in [2.05, 4.69) is 6.92 Å². The second-order valence-corrected chi connectivity index (χ2v) is 9.88. The van der Waals surface area contributed by atoms with Crippen LogP contribution < -0.4 is 0 Å². The molecule has 0 radical (unpaired) electrons. The van der Waals surface area contributed by atoms with Crippen molar-refractivity contribution in [1.82, 2.24) is 0 Å². The minimum atomic E-state index is -2.52. The highest BCUT2D eigenvalue weighted by Crippen LogP contribution is 2.46. The van der Waals surface area contributed by atoms with Gasteiger partial charge in [0.2, 0.25) is 0 Å². The molecule has 170 valence electrons. The fourth-order valence-electron chi connectivity index (χ4n) is 5.89. The summed E-state index contributed by atoms with van der Waals surface area (Å²) >= 11 is 0. The van der Waals surface area contributed by atoms with Gasteiger partial charge in [0.15, 0.2) is 11.6 Å². The molecule has 3 rings (SSSR count). The summed E-state index contributed by atoms with van der Waals surface area (Å²) in [5, 5.41) is 0. The summed E-state index contributed by atoms with van der Waals surface area (Å²) in [7, 11) is 0. The normalized spacial score (nSPS) is 29.1. The lowest BCUT2D eigenvalue weighted by atomic mass is 9.72. The van der Waals surface area contributed by atoms with Crippen molar-refractivity contribution >= 4 is 0 Å². The Balaban J connectivity index is 1.49. The second-order valence-electron chi connectivity index (χ2n) is 9.88. The quantitative estimate of drug-likeness (QED) is 0.364. The van der Waals surface area contributed by atoms with Crippen LogP contribution in [0.15, 0.2) is 12.1 Å². The zero-order chi connectivity index (χ0) is 21.7. The summed E-state index contributed by atoms with van der Waals surface area (Å²) in [6.07, 6.45) is 9.89. The lowest BCUT2D eigenvalue weighted by Gasteiger charge is -2.37. The molecule has 0 aromatic heterocycles. The summed E-state index contributed by atoms with van der Waals surface area (Å²) in [5.74, 6) is -3.66. The van der Waals surface area contributed by atoms with Gasteiger partial charge in [0, 0.05) is 12.3 Å². The molecular formula is C26H38F4. The summed E-state index contributed by atoms with van der Waals surface area (Å²) < 4.78 is 58.0. The highest BCUT2D eigenvalue weighted by molar-refractivity contribution is 5.29. The molecule has 0 saturated heterocycles. The van der Waals surface area contributed by atoms with E-state index in [1.54, 1.807) is 12.1 Å². The lowest BCUT2D eigenvalue weighted by Crippen LogP contribution is -2.36. The first kappa shape index (κ1) is 23.6. The number of rotatable bonds is 8. The Morgan fingerprint density at radius 2 is 1.50 bits per heavy atom. The Kier molecular flexibility index (Phi) is 8.26. The fourth-order valence-corrected chi connectivity index (χ4v) is 5.89. The Morgan fingerprint density at radius 1 is 0.800 bits per heavy atom. The third-order valence-electron chi connectivity index (χ3n) is 7.70. The molecule has 0 heterocycles. The van der Waals surface area contributed by atoms with Crippen molar-refractivity contribution in [2.75, 3.05) is 0 Å². The highest BCUT2D eigenvalue weighted by Gasteiger charge is 2.44. The van der Waals surface area contributed by atoms with Gasteiger partial charge in [-0.3, -0.25) is 0 Å². The average molecular weight is 427 g/mol. The maximum absolute atomic E-state index is 14.6. The van der Waals surface area contributed by atoms with E-state index in [4.69, 9.17) is 0 Å². The molecule has 2 saturated carbocycles. The van der Waals surface area contributed by atoms with Crippen LogP contribution in [0.4, 0.5) is 17.6 Å². The minimum absolute atomic E-state index is 0.0531. The van der Waals surface area contributed by atoms with Crippen LogP contribution in [0.1, 0.15) is 108 Å². The molecule has 2 unspecified atom stereocenters. The van der Waals surface area contributed by atoms with Crippen molar-refractivity contribution < 1.29 is 17.6 Å². The molecule has 0 nitrogen and oxygen atoms in total. The van der Waals surface area contributed by atoms with Crippen molar-refractivity contribution in [3.8, 4) is 0 Å². The zero-order valence-electron chi connectivity index (χ0n) is 18.7. The van der Waals surface area contributed by atoms with E-state index in [9.17, 15) is 17.6 Å². The van der Waals surface area contributed by atoms with Gasteiger partial charge in [-0.15, -0.1) is 0 Å². The maximum atomic E-state index is 14.6.